The molecule has 2 aromatic rings. The number of pyridine rings is 1. The summed E-state index contributed by atoms with van der Waals surface area (Å²) in [5.74, 6) is -0.626. The van der Waals surface area contributed by atoms with Gasteiger partial charge in [-0.1, -0.05) is 6.07 Å². The van der Waals surface area contributed by atoms with Gasteiger partial charge in [0.15, 0.2) is 0 Å². The molecule has 0 aromatic carbocycles. The van der Waals surface area contributed by atoms with Crippen LogP contribution in [0, 0.1) is 0 Å². The van der Waals surface area contributed by atoms with Gasteiger partial charge in [-0.15, -0.1) is 0 Å². The summed E-state index contributed by atoms with van der Waals surface area (Å²) in [6.07, 6.45) is 4.89. The molecule has 104 valence electrons. The molecular weight excluding hydrogens is 256 g/mol. The number of ketones is 1. The van der Waals surface area contributed by atoms with E-state index in [0.29, 0.717) is 16.8 Å². The molecule has 2 aromatic heterocycles. The van der Waals surface area contributed by atoms with Gasteiger partial charge in [-0.25, -0.2) is 4.79 Å². The zero-order valence-electron chi connectivity index (χ0n) is 11.7. The third-order valence-electron chi connectivity index (χ3n) is 2.86. The molecule has 2 heterocycles. The van der Waals surface area contributed by atoms with Crippen LogP contribution in [0.4, 0.5) is 0 Å². The standard InChI is InChI=1S/C15H16N2O3/c1-16(2)9-7-14(18)13-10-11(15(19)20-3)12-6-4-5-8-17(12)13/h4-10H,1-3H3/b9-7+. The van der Waals surface area contributed by atoms with Crippen molar-refractivity contribution in [2.75, 3.05) is 21.2 Å². The number of hydrogen-bond donors (Lipinski definition) is 0. The van der Waals surface area contributed by atoms with Crippen molar-refractivity contribution in [2.45, 2.75) is 0 Å². The predicted octanol–water partition coefficient (Wildman–Crippen LogP) is 1.98. The third kappa shape index (κ3) is 2.56. The van der Waals surface area contributed by atoms with Crippen molar-refractivity contribution in [1.29, 1.82) is 0 Å². The fourth-order valence-electron chi connectivity index (χ4n) is 1.92. The van der Waals surface area contributed by atoms with Gasteiger partial charge in [0.25, 0.3) is 0 Å². The maximum absolute atomic E-state index is 12.2. The molecule has 0 unspecified atom stereocenters. The summed E-state index contributed by atoms with van der Waals surface area (Å²) in [7, 11) is 4.99. The smallest absolute Gasteiger partial charge is 0.340 e. The summed E-state index contributed by atoms with van der Waals surface area (Å²) in [6.45, 7) is 0. The number of aromatic nitrogens is 1. The summed E-state index contributed by atoms with van der Waals surface area (Å²) in [4.78, 5) is 25.7. The minimum Gasteiger partial charge on any atom is -0.465 e. The fourth-order valence-corrected chi connectivity index (χ4v) is 1.92. The average molecular weight is 272 g/mol. The maximum atomic E-state index is 12.2. The SMILES string of the molecule is COC(=O)c1cc(C(=O)/C=C/N(C)C)n2ccccc12. The van der Waals surface area contributed by atoms with Crippen molar-refractivity contribution >= 4 is 17.3 Å². The van der Waals surface area contributed by atoms with E-state index in [2.05, 4.69) is 0 Å². The number of rotatable bonds is 4. The summed E-state index contributed by atoms with van der Waals surface area (Å²) in [5.41, 5.74) is 1.47. The fraction of sp³-hybridized carbons (Fsp3) is 0.200. The van der Waals surface area contributed by atoms with E-state index in [9.17, 15) is 9.59 Å². The summed E-state index contributed by atoms with van der Waals surface area (Å²) < 4.78 is 6.43. The first-order valence-electron chi connectivity index (χ1n) is 6.12. The minimum absolute atomic E-state index is 0.171. The zero-order chi connectivity index (χ0) is 14.7. The lowest BCUT2D eigenvalue weighted by atomic mass is 10.2. The first-order valence-corrected chi connectivity index (χ1v) is 6.12. The summed E-state index contributed by atoms with van der Waals surface area (Å²) >= 11 is 0. The molecule has 0 aliphatic heterocycles. The Balaban J connectivity index is 2.54. The molecule has 2 rings (SSSR count). The highest BCUT2D eigenvalue weighted by Crippen LogP contribution is 2.18. The highest BCUT2D eigenvalue weighted by molar-refractivity contribution is 6.08. The lowest BCUT2D eigenvalue weighted by molar-refractivity contribution is 0.0603. The molecule has 0 saturated heterocycles. The van der Waals surface area contributed by atoms with E-state index in [1.165, 1.54) is 13.2 Å². The van der Waals surface area contributed by atoms with Gasteiger partial charge in [0, 0.05) is 32.6 Å². The average Bonchev–Trinajstić information content (AvgIpc) is 2.83. The number of carbonyl (C=O) groups is 2. The zero-order valence-corrected chi connectivity index (χ0v) is 11.7. The number of nitrogens with zero attached hydrogens (tertiary/aromatic N) is 2. The van der Waals surface area contributed by atoms with E-state index in [4.69, 9.17) is 4.74 Å². The van der Waals surface area contributed by atoms with Crippen molar-refractivity contribution in [3.8, 4) is 0 Å². The van der Waals surface area contributed by atoms with Gasteiger partial charge in [0.2, 0.25) is 5.78 Å². The van der Waals surface area contributed by atoms with Crippen molar-refractivity contribution < 1.29 is 14.3 Å². The number of carbonyl (C=O) groups excluding carboxylic acids is 2. The predicted molar refractivity (Wildman–Crippen MR) is 75.9 cm³/mol. The number of methoxy groups -OCH3 is 1. The number of ether oxygens (including phenoxy) is 1. The molecule has 0 saturated carbocycles. The molecule has 0 atom stereocenters. The van der Waals surface area contributed by atoms with Crippen LogP contribution in [-0.4, -0.2) is 42.3 Å². The lowest BCUT2D eigenvalue weighted by Gasteiger charge is -2.03. The van der Waals surface area contributed by atoms with Crippen LogP contribution < -0.4 is 0 Å². The van der Waals surface area contributed by atoms with Gasteiger partial charge in [0.05, 0.1) is 23.9 Å². The van der Waals surface area contributed by atoms with Crippen LogP contribution in [0.5, 0.6) is 0 Å². The number of esters is 1. The third-order valence-corrected chi connectivity index (χ3v) is 2.86. The summed E-state index contributed by atoms with van der Waals surface area (Å²) in [6, 6.07) is 6.95. The Kier molecular flexibility index (Phi) is 3.89. The Hall–Kier alpha value is -2.56. The normalized spacial score (nSPS) is 10.9. The van der Waals surface area contributed by atoms with Crippen molar-refractivity contribution in [3.63, 3.8) is 0 Å². The number of fused-ring (bicyclic) bond motifs is 1. The van der Waals surface area contributed by atoms with E-state index >= 15 is 0 Å². The van der Waals surface area contributed by atoms with Crippen molar-refractivity contribution in [2.24, 2.45) is 0 Å². The number of allylic oxidation sites excluding steroid dienone is 1. The second-order valence-electron chi connectivity index (χ2n) is 4.53. The molecule has 0 aliphatic carbocycles. The molecule has 0 aliphatic rings. The van der Waals surface area contributed by atoms with Crippen LogP contribution in [0.3, 0.4) is 0 Å². The van der Waals surface area contributed by atoms with Gasteiger partial charge >= 0.3 is 5.97 Å². The van der Waals surface area contributed by atoms with Gasteiger partial charge in [0.1, 0.15) is 0 Å². The quantitative estimate of drug-likeness (QED) is 0.485. The molecule has 20 heavy (non-hydrogen) atoms. The van der Waals surface area contributed by atoms with Gasteiger partial charge in [-0.3, -0.25) is 4.79 Å². The van der Waals surface area contributed by atoms with Crippen LogP contribution in [0.2, 0.25) is 0 Å². The second kappa shape index (κ2) is 5.61. The van der Waals surface area contributed by atoms with Gasteiger partial charge in [-0.05, 0) is 18.2 Å². The molecule has 0 bridgehead atoms. The highest BCUT2D eigenvalue weighted by atomic mass is 16.5. The Labute approximate surface area is 117 Å². The number of hydrogen-bond acceptors (Lipinski definition) is 4. The molecule has 5 heteroatoms. The van der Waals surface area contributed by atoms with E-state index in [0.717, 1.165) is 0 Å². The van der Waals surface area contributed by atoms with Crippen LogP contribution in [-0.2, 0) is 4.74 Å². The highest BCUT2D eigenvalue weighted by Gasteiger charge is 2.18. The topological polar surface area (TPSA) is 51.0 Å². The molecule has 5 nitrogen and oxygen atoms in total. The van der Waals surface area contributed by atoms with Crippen LogP contribution >= 0.6 is 0 Å². The maximum Gasteiger partial charge on any atom is 0.340 e. The van der Waals surface area contributed by atoms with E-state index in [-0.39, 0.29) is 5.78 Å². The van der Waals surface area contributed by atoms with E-state index < -0.39 is 5.97 Å². The van der Waals surface area contributed by atoms with E-state index in [1.54, 1.807) is 39.9 Å². The van der Waals surface area contributed by atoms with Gasteiger partial charge in [-0.2, -0.15) is 0 Å². The molecule has 0 radical (unpaired) electrons. The largest absolute Gasteiger partial charge is 0.465 e. The van der Waals surface area contributed by atoms with E-state index in [1.807, 2.05) is 20.2 Å². The van der Waals surface area contributed by atoms with Crippen molar-refractivity contribution in [3.05, 3.63) is 54.0 Å². The van der Waals surface area contributed by atoms with Crippen molar-refractivity contribution in [1.82, 2.24) is 9.30 Å². The molecule has 0 spiro atoms. The molecule has 0 fully saturated rings. The molecule has 0 N–H and O–H groups in total. The Bertz CT molecular complexity index is 683. The minimum atomic E-state index is -0.454. The monoisotopic (exact) mass is 272 g/mol. The second-order valence-corrected chi connectivity index (χ2v) is 4.53. The first-order chi connectivity index (χ1) is 9.54. The van der Waals surface area contributed by atoms with Crippen LogP contribution in [0.1, 0.15) is 20.8 Å². The van der Waals surface area contributed by atoms with Crippen LogP contribution in [0.15, 0.2) is 42.7 Å². The van der Waals surface area contributed by atoms with Crippen LogP contribution in [0.25, 0.3) is 5.52 Å². The Morgan fingerprint density at radius 1 is 1.30 bits per heavy atom. The Morgan fingerprint density at radius 2 is 2.05 bits per heavy atom. The van der Waals surface area contributed by atoms with Gasteiger partial charge < -0.3 is 14.0 Å². The first kappa shape index (κ1) is 13.9. The molecule has 0 amide bonds. The molecular formula is C15H16N2O3. The Morgan fingerprint density at radius 3 is 2.70 bits per heavy atom. The lowest BCUT2D eigenvalue weighted by Crippen LogP contribution is -2.04. The summed E-state index contributed by atoms with van der Waals surface area (Å²) in [5, 5.41) is 0.